The third-order valence-corrected chi connectivity index (χ3v) is 3.48. The van der Waals surface area contributed by atoms with Crippen molar-refractivity contribution in [3.8, 4) is 11.5 Å². The van der Waals surface area contributed by atoms with Gasteiger partial charge in [0.05, 0.1) is 23.8 Å². The van der Waals surface area contributed by atoms with Crippen molar-refractivity contribution in [1.82, 2.24) is 5.32 Å². The minimum absolute atomic E-state index is 0.0984. The highest BCUT2D eigenvalue weighted by Crippen LogP contribution is 2.37. The molecule has 1 aromatic carbocycles. The molecule has 0 saturated carbocycles. The zero-order valence-electron chi connectivity index (χ0n) is 15.3. The number of carbonyl (C=O) groups is 2. The number of methoxy groups -OCH3 is 1. The summed E-state index contributed by atoms with van der Waals surface area (Å²) < 4.78 is 15.8. The third-order valence-electron chi connectivity index (χ3n) is 3.20. The van der Waals surface area contributed by atoms with Gasteiger partial charge in [0, 0.05) is 6.54 Å². The maximum atomic E-state index is 12.1. The molecule has 1 rings (SSSR count). The molecule has 0 radical (unpaired) electrons. The fourth-order valence-electron chi connectivity index (χ4n) is 1.95. The molecular formula is C18H26ClNO5. The van der Waals surface area contributed by atoms with Crippen molar-refractivity contribution in [3.05, 3.63) is 22.7 Å². The van der Waals surface area contributed by atoms with E-state index in [1.807, 2.05) is 13.8 Å². The highest BCUT2D eigenvalue weighted by molar-refractivity contribution is 6.32. The van der Waals surface area contributed by atoms with Gasteiger partial charge in [-0.3, -0.25) is 4.79 Å². The monoisotopic (exact) mass is 371 g/mol. The van der Waals surface area contributed by atoms with Crippen molar-refractivity contribution in [1.29, 1.82) is 0 Å². The highest BCUT2D eigenvalue weighted by Gasteiger charge is 2.18. The zero-order valence-corrected chi connectivity index (χ0v) is 16.1. The molecule has 1 aromatic rings. The number of hydrogen-bond donors (Lipinski definition) is 1. The van der Waals surface area contributed by atoms with Crippen LogP contribution in [0.4, 0.5) is 0 Å². The van der Waals surface area contributed by atoms with E-state index < -0.39 is 5.97 Å². The van der Waals surface area contributed by atoms with Gasteiger partial charge in [-0.15, -0.1) is 0 Å². The Bertz CT molecular complexity index is 601. The van der Waals surface area contributed by atoms with Gasteiger partial charge in [-0.1, -0.05) is 25.4 Å². The van der Waals surface area contributed by atoms with Crippen LogP contribution in [-0.4, -0.2) is 38.2 Å². The molecule has 0 heterocycles. The van der Waals surface area contributed by atoms with Gasteiger partial charge >= 0.3 is 5.97 Å². The van der Waals surface area contributed by atoms with Crippen LogP contribution in [0.5, 0.6) is 11.5 Å². The average molecular weight is 372 g/mol. The van der Waals surface area contributed by atoms with E-state index in [1.54, 1.807) is 0 Å². The molecule has 25 heavy (non-hydrogen) atoms. The van der Waals surface area contributed by atoms with Crippen molar-refractivity contribution < 1.29 is 23.8 Å². The Hall–Kier alpha value is -1.95. The maximum absolute atomic E-state index is 12.1. The molecule has 0 fully saturated rings. The van der Waals surface area contributed by atoms with Crippen LogP contribution in [0.25, 0.3) is 0 Å². The van der Waals surface area contributed by atoms with Crippen LogP contribution in [0.3, 0.4) is 0 Å². The van der Waals surface area contributed by atoms with Crippen LogP contribution < -0.4 is 14.8 Å². The lowest BCUT2D eigenvalue weighted by Crippen LogP contribution is -2.30. The van der Waals surface area contributed by atoms with E-state index in [9.17, 15) is 9.59 Å². The lowest BCUT2D eigenvalue weighted by molar-refractivity contribution is -0.124. The summed E-state index contributed by atoms with van der Waals surface area (Å²) in [6.45, 7) is 8.05. The predicted molar refractivity (Wildman–Crippen MR) is 96.5 cm³/mol. The molecule has 1 N–H and O–H groups in total. The van der Waals surface area contributed by atoms with E-state index in [1.165, 1.54) is 19.2 Å². The first-order valence-corrected chi connectivity index (χ1v) is 8.60. The van der Waals surface area contributed by atoms with E-state index >= 15 is 0 Å². The van der Waals surface area contributed by atoms with Crippen molar-refractivity contribution in [2.45, 2.75) is 40.2 Å². The van der Waals surface area contributed by atoms with E-state index in [0.717, 1.165) is 6.42 Å². The molecule has 0 aliphatic heterocycles. The summed E-state index contributed by atoms with van der Waals surface area (Å²) in [7, 11) is 1.45. The maximum Gasteiger partial charge on any atom is 0.338 e. The Kier molecular flexibility index (Phi) is 8.55. The van der Waals surface area contributed by atoms with Gasteiger partial charge in [-0.25, -0.2) is 4.79 Å². The van der Waals surface area contributed by atoms with Gasteiger partial charge in [-0.2, -0.15) is 0 Å². The van der Waals surface area contributed by atoms with Crippen LogP contribution in [0.2, 0.25) is 5.02 Å². The summed E-state index contributed by atoms with van der Waals surface area (Å²) in [6, 6.07) is 2.91. The average Bonchev–Trinajstić information content (AvgIpc) is 2.53. The molecule has 0 unspecified atom stereocenters. The molecule has 0 saturated heterocycles. The third kappa shape index (κ3) is 7.22. The van der Waals surface area contributed by atoms with Crippen LogP contribution in [-0.2, 0) is 9.53 Å². The Labute approximate surface area is 153 Å². The fourth-order valence-corrected chi connectivity index (χ4v) is 2.21. The van der Waals surface area contributed by atoms with Gasteiger partial charge in [0.2, 0.25) is 0 Å². The largest absolute Gasteiger partial charge is 0.493 e. The topological polar surface area (TPSA) is 73.9 Å². The Balaban J connectivity index is 2.69. The van der Waals surface area contributed by atoms with Gasteiger partial charge in [0.1, 0.15) is 0 Å². The van der Waals surface area contributed by atoms with E-state index in [4.69, 9.17) is 25.8 Å². The molecule has 0 aromatic heterocycles. The summed E-state index contributed by atoms with van der Waals surface area (Å²) in [5, 5.41) is 2.94. The quantitative estimate of drug-likeness (QED) is 0.673. The summed E-state index contributed by atoms with van der Waals surface area (Å²) in [5.74, 6) is 0.183. The molecule has 7 heteroatoms. The molecule has 0 atom stereocenters. The lowest BCUT2D eigenvalue weighted by atomic mass is 10.1. The van der Waals surface area contributed by atoms with Crippen LogP contribution in [0.15, 0.2) is 12.1 Å². The van der Waals surface area contributed by atoms with Gasteiger partial charge in [-0.05, 0) is 38.3 Å². The van der Waals surface area contributed by atoms with Crippen LogP contribution in [0, 0.1) is 5.92 Å². The summed E-state index contributed by atoms with van der Waals surface area (Å²) in [5.41, 5.74) is 0.188. The van der Waals surface area contributed by atoms with Crippen molar-refractivity contribution in [3.63, 3.8) is 0 Å². The molecule has 140 valence electrons. The Morgan fingerprint density at radius 3 is 2.44 bits per heavy atom. The summed E-state index contributed by atoms with van der Waals surface area (Å²) >= 11 is 6.17. The highest BCUT2D eigenvalue weighted by atomic mass is 35.5. The zero-order chi connectivity index (χ0) is 19.0. The number of nitrogens with one attached hydrogen (secondary N) is 1. The van der Waals surface area contributed by atoms with Crippen LogP contribution in [0.1, 0.15) is 44.5 Å². The number of halogens is 1. The van der Waals surface area contributed by atoms with Gasteiger partial charge < -0.3 is 19.5 Å². The second-order valence-corrected chi connectivity index (χ2v) is 6.67. The van der Waals surface area contributed by atoms with E-state index in [2.05, 4.69) is 19.2 Å². The van der Waals surface area contributed by atoms with Crippen LogP contribution >= 0.6 is 11.6 Å². The molecule has 0 bridgehead atoms. The first-order chi connectivity index (χ1) is 11.7. The molecule has 1 amide bonds. The molecule has 0 aliphatic rings. The number of ether oxygens (including phenoxy) is 3. The molecular weight excluding hydrogens is 346 g/mol. The lowest BCUT2D eigenvalue weighted by Gasteiger charge is -2.16. The summed E-state index contributed by atoms with van der Waals surface area (Å²) in [6.07, 6.45) is 0.766. The number of rotatable bonds is 9. The smallest absolute Gasteiger partial charge is 0.338 e. The Morgan fingerprint density at radius 1 is 1.20 bits per heavy atom. The first-order valence-electron chi connectivity index (χ1n) is 8.22. The molecule has 0 spiro atoms. The standard InChI is InChI=1S/C18H26ClNO5/c1-11(2)6-7-20-16(21)10-24-18(22)13-8-14(19)17(25-12(3)4)15(9-13)23-5/h8-9,11-12H,6-7,10H2,1-5H3,(H,20,21). The molecule has 6 nitrogen and oxygen atoms in total. The second-order valence-electron chi connectivity index (χ2n) is 6.26. The second kappa shape index (κ2) is 10.1. The van der Waals surface area contributed by atoms with E-state index in [0.29, 0.717) is 24.0 Å². The number of carbonyl (C=O) groups excluding carboxylic acids is 2. The number of hydrogen-bond acceptors (Lipinski definition) is 5. The normalized spacial score (nSPS) is 10.7. The Morgan fingerprint density at radius 2 is 1.88 bits per heavy atom. The predicted octanol–water partition coefficient (Wildman–Crippen LogP) is 3.45. The number of amides is 1. The van der Waals surface area contributed by atoms with Crippen molar-refractivity contribution >= 4 is 23.5 Å². The minimum atomic E-state index is -0.657. The minimum Gasteiger partial charge on any atom is -0.493 e. The first kappa shape index (κ1) is 21.1. The fraction of sp³-hybridized carbons (Fsp3) is 0.556. The summed E-state index contributed by atoms with van der Waals surface area (Å²) in [4.78, 5) is 23.8. The van der Waals surface area contributed by atoms with Crippen molar-refractivity contribution in [2.75, 3.05) is 20.3 Å². The SMILES string of the molecule is COc1cc(C(=O)OCC(=O)NCCC(C)C)cc(Cl)c1OC(C)C. The van der Waals surface area contributed by atoms with E-state index in [-0.39, 0.29) is 29.2 Å². The van der Waals surface area contributed by atoms with Gasteiger partial charge in [0.25, 0.3) is 5.91 Å². The van der Waals surface area contributed by atoms with Crippen molar-refractivity contribution in [2.24, 2.45) is 5.92 Å². The van der Waals surface area contributed by atoms with Gasteiger partial charge in [0.15, 0.2) is 18.1 Å². The molecule has 0 aliphatic carbocycles. The number of esters is 1. The number of benzene rings is 1.